The number of rotatable bonds is 4. The standard InChI is InChI=1S/C11H18N2O/c1-9-3-5-10(6-4-9)13(2)8-11(14)7-12/h3-6,11,14H,7-8,12H2,1-2H3. The number of likely N-dealkylation sites (N-methyl/N-ethyl adjacent to an activating group) is 1. The van der Waals surface area contributed by atoms with Gasteiger partial charge in [0.05, 0.1) is 6.10 Å². The lowest BCUT2D eigenvalue weighted by molar-refractivity contribution is 0.189. The monoisotopic (exact) mass is 194 g/mol. The van der Waals surface area contributed by atoms with E-state index in [1.165, 1.54) is 5.56 Å². The molecule has 3 nitrogen and oxygen atoms in total. The zero-order chi connectivity index (χ0) is 10.6. The molecule has 0 aliphatic carbocycles. The molecule has 0 amide bonds. The quantitative estimate of drug-likeness (QED) is 0.743. The molecule has 0 heterocycles. The molecule has 0 aliphatic heterocycles. The van der Waals surface area contributed by atoms with Crippen molar-refractivity contribution in [1.82, 2.24) is 0 Å². The highest BCUT2D eigenvalue weighted by atomic mass is 16.3. The molecule has 0 spiro atoms. The lowest BCUT2D eigenvalue weighted by Crippen LogP contribution is -2.34. The van der Waals surface area contributed by atoms with Crippen LogP contribution in [0.15, 0.2) is 24.3 Å². The normalized spacial score (nSPS) is 12.6. The predicted molar refractivity (Wildman–Crippen MR) is 59.5 cm³/mol. The van der Waals surface area contributed by atoms with Crippen LogP contribution in [-0.2, 0) is 0 Å². The summed E-state index contributed by atoms with van der Waals surface area (Å²) in [5.41, 5.74) is 7.68. The Labute approximate surface area is 85.2 Å². The molecule has 0 saturated carbocycles. The van der Waals surface area contributed by atoms with E-state index < -0.39 is 6.10 Å². The fraction of sp³-hybridized carbons (Fsp3) is 0.455. The second kappa shape index (κ2) is 4.98. The summed E-state index contributed by atoms with van der Waals surface area (Å²) in [6.07, 6.45) is -0.457. The van der Waals surface area contributed by atoms with Crippen LogP contribution in [0.4, 0.5) is 5.69 Å². The molecule has 1 atom stereocenters. The summed E-state index contributed by atoms with van der Waals surface area (Å²) in [6, 6.07) is 8.19. The van der Waals surface area contributed by atoms with Crippen LogP contribution < -0.4 is 10.6 Å². The first-order valence-electron chi connectivity index (χ1n) is 4.79. The highest BCUT2D eigenvalue weighted by Crippen LogP contribution is 2.13. The Balaban J connectivity index is 2.60. The number of aryl methyl sites for hydroxylation is 1. The number of aliphatic hydroxyl groups is 1. The molecule has 0 aromatic heterocycles. The van der Waals surface area contributed by atoms with E-state index in [0.29, 0.717) is 13.1 Å². The molecule has 0 fully saturated rings. The van der Waals surface area contributed by atoms with Gasteiger partial charge in [0.1, 0.15) is 0 Å². The first kappa shape index (κ1) is 11.0. The highest BCUT2D eigenvalue weighted by Gasteiger charge is 2.06. The van der Waals surface area contributed by atoms with E-state index in [2.05, 4.69) is 19.1 Å². The van der Waals surface area contributed by atoms with E-state index in [9.17, 15) is 5.11 Å². The second-order valence-corrected chi connectivity index (χ2v) is 3.61. The van der Waals surface area contributed by atoms with Gasteiger partial charge in [-0.1, -0.05) is 17.7 Å². The molecule has 1 unspecified atom stereocenters. The Morgan fingerprint density at radius 2 is 1.93 bits per heavy atom. The molecular weight excluding hydrogens is 176 g/mol. The van der Waals surface area contributed by atoms with Crippen LogP contribution in [0.5, 0.6) is 0 Å². The molecule has 0 saturated heterocycles. The van der Waals surface area contributed by atoms with E-state index in [-0.39, 0.29) is 0 Å². The molecule has 78 valence electrons. The Kier molecular flexibility index (Phi) is 3.92. The van der Waals surface area contributed by atoms with Crippen LogP contribution in [0.2, 0.25) is 0 Å². The number of nitrogens with zero attached hydrogens (tertiary/aromatic N) is 1. The average molecular weight is 194 g/mol. The van der Waals surface area contributed by atoms with E-state index in [4.69, 9.17) is 5.73 Å². The molecule has 3 N–H and O–H groups in total. The van der Waals surface area contributed by atoms with Crippen molar-refractivity contribution in [2.75, 3.05) is 25.0 Å². The van der Waals surface area contributed by atoms with Crippen molar-refractivity contribution in [3.05, 3.63) is 29.8 Å². The summed E-state index contributed by atoms with van der Waals surface area (Å²) < 4.78 is 0. The summed E-state index contributed by atoms with van der Waals surface area (Å²) in [5.74, 6) is 0. The van der Waals surface area contributed by atoms with E-state index >= 15 is 0 Å². The highest BCUT2D eigenvalue weighted by molar-refractivity contribution is 5.46. The molecule has 14 heavy (non-hydrogen) atoms. The summed E-state index contributed by atoms with van der Waals surface area (Å²) in [4.78, 5) is 2.00. The maximum atomic E-state index is 9.38. The Morgan fingerprint density at radius 3 is 2.43 bits per heavy atom. The third kappa shape index (κ3) is 3.01. The van der Waals surface area contributed by atoms with Crippen LogP contribution in [0.25, 0.3) is 0 Å². The Morgan fingerprint density at radius 1 is 1.36 bits per heavy atom. The van der Waals surface area contributed by atoms with Crippen LogP contribution in [0, 0.1) is 6.92 Å². The van der Waals surface area contributed by atoms with Gasteiger partial charge in [0, 0.05) is 25.8 Å². The number of nitrogens with two attached hydrogens (primary N) is 1. The fourth-order valence-corrected chi connectivity index (χ4v) is 1.30. The molecule has 0 radical (unpaired) electrons. The number of benzene rings is 1. The second-order valence-electron chi connectivity index (χ2n) is 3.61. The maximum absolute atomic E-state index is 9.38. The summed E-state index contributed by atoms with van der Waals surface area (Å²) in [7, 11) is 1.95. The zero-order valence-corrected chi connectivity index (χ0v) is 8.77. The van der Waals surface area contributed by atoms with Gasteiger partial charge >= 0.3 is 0 Å². The van der Waals surface area contributed by atoms with Crippen LogP contribution in [0.1, 0.15) is 5.56 Å². The van der Waals surface area contributed by atoms with Crippen molar-refractivity contribution in [1.29, 1.82) is 0 Å². The first-order chi connectivity index (χ1) is 6.63. The van der Waals surface area contributed by atoms with Gasteiger partial charge in [-0.05, 0) is 19.1 Å². The van der Waals surface area contributed by atoms with E-state index in [1.54, 1.807) is 0 Å². The SMILES string of the molecule is Cc1ccc(N(C)CC(O)CN)cc1. The molecule has 1 aromatic carbocycles. The lowest BCUT2D eigenvalue weighted by atomic mass is 10.2. The van der Waals surface area contributed by atoms with E-state index in [0.717, 1.165) is 5.69 Å². The number of hydrogen-bond donors (Lipinski definition) is 2. The van der Waals surface area contributed by atoms with Gasteiger partial charge in [-0.25, -0.2) is 0 Å². The topological polar surface area (TPSA) is 49.5 Å². The zero-order valence-electron chi connectivity index (χ0n) is 8.77. The predicted octanol–water partition coefficient (Wildman–Crippen LogP) is 0.751. The number of aliphatic hydroxyl groups excluding tert-OH is 1. The molecule has 0 bridgehead atoms. The minimum atomic E-state index is -0.457. The molecule has 3 heteroatoms. The van der Waals surface area contributed by atoms with Gasteiger partial charge in [0.15, 0.2) is 0 Å². The minimum absolute atomic E-state index is 0.302. The Bertz CT molecular complexity index is 271. The molecular formula is C11H18N2O. The summed E-state index contributed by atoms with van der Waals surface area (Å²) >= 11 is 0. The van der Waals surface area contributed by atoms with Crippen molar-refractivity contribution in [3.8, 4) is 0 Å². The van der Waals surface area contributed by atoms with Gasteiger partial charge < -0.3 is 15.7 Å². The van der Waals surface area contributed by atoms with Gasteiger partial charge in [-0.2, -0.15) is 0 Å². The minimum Gasteiger partial charge on any atom is -0.390 e. The van der Waals surface area contributed by atoms with Crippen LogP contribution in [-0.4, -0.2) is 31.3 Å². The van der Waals surface area contributed by atoms with Crippen LogP contribution >= 0.6 is 0 Å². The van der Waals surface area contributed by atoms with Crippen molar-refractivity contribution in [3.63, 3.8) is 0 Å². The van der Waals surface area contributed by atoms with E-state index in [1.807, 2.05) is 24.1 Å². The van der Waals surface area contributed by atoms with Gasteiger partial charge in [0.2, 0.25) is 0 Å². The summed E-state index contributed by atoms with van der Waals surface area (Å²) in [6.45, 7) is 2.92. The van der Waals surface area contributed by atoms with Gasteiger partial charge in [-0.3, -0.25) is 0 Å². The van der Waals surface area contributed by atoms with Crippen molar-refractivity contribution < 1.29 is 5.11 Å². The van der Waals surface area contributed by atoms with Crippen molar-refractivity contribution in [2.24, 2.45) is 5.73 Å². The van der Waals surface area contributed by atoms with Crippen molar-refractivity contribution >= 4 is 5.69 Å². The largest absolute Gasteiger partial charge is 0.390 e. The summed E-state index contributed by atoms with van der Waals surface area (Å²) in [5, 5.41) is 9.38. The third-order valence-electron chi connectivity index (χ3n) is 2.23. The van der Waals surface area contributed by atoms with Gasteiger partial charge in [0.25, 0.3) is 0 Å². The number of anilines is 1. The average Bonchev–Trinajstić information content (AvgIpc) is 2.18. The molecule has 1 aromatic rings. The van der Waals surface area contributed by atoms with Crippen molar-refractivity contribution in [2.45, 2.75) is 13.0 Å². The van der Waals surface area contributed by atoms with Crippen LogP contribution in [0.3, 0.4) is 0 Å². The maximum Gasteiger partial charge on any atom is 0.0836 e. The third-order valence-corrected chi connectivity index (χ3v) is 2.23. The Hall–Kier alpha value is -1.06. The molecule has 1 rings (SSSR count). The fourth-order valence-electron chi connectivity index (χ4n) is 1.30. The lowest BCUT2D eigenvalue weighted by Gasteiger charge is -2.22. The number of hydrogen-bond acceptors (Lipinski definition) is 3. The van der Waals surface area contributed by atoms with Gasteiger partial charge in [-0.15, -0.1) is 0 Å². The molecule has 0 aliphatic rings. The first-order valence-corrected chi connectivity index (χ1v) is 4.79. The smallest absolute Gasteiger partial charge is 0.0836 e.